The molecule has 0 bridgehead atoms. The van der Waals surface area contributed by atoms with Crippen molar-refractivity contribution in [3.05, 3.63) is 24.3 Å². The summed E-state index contributed by atoms with van der Waals surface area (Å²) < 4.78 is 22.9. The van der Waals surface area contributed by atoms with Crippen molar-refractivity contribution >= 4 is 17.9 Å². The molecule has 73 heavy (non-hydrogen) atoms. The first-order chi connectivity index (χ1) is 35.6. The Morgan fingerprint density at radius 3 is 1.01 bits per heavy atom. The summed E-state index contributed by atoms with van der Waals surface area (Å²) in [5, 5.41) is 9.72. The molecule has 9 heteroatoms. The Morgan fingerprint density at radius 2 is 0.699 bits per heavy atom. The minimum atomic E-state index is -1.51. The van der Waals surface area contributed by atoms with E-state index in [1.54, 1.807) is 0 Å². The number of carboxylic acid groups (broad SMARTS) is 1. The van der Waals surface area contributed by atoms with E-state index >= 15 is 0 Å². The maximum Gasteiger partial charge on any atom is 0.361 e. The van der Waals surface area contributed by atoms with Gasteiger partial charge < -0.3 is 28.5 Å². The van der Waals surface area contributed by atoms with E-state index in [-0.39, 0.29) is 38.2 Å². The quantitative estimate of drug-likeness (QED) is 0.0211. The van der Waals surface area contributed by atoms with Crippen LogP contribution in [-0.4, -0.2) is 87.4 Å². The fourth-order valence-electron chi connectivity index (χ4n) is 9.30. The molecule has 0 aromatic heterocycles. The number of carboxylic acids is 1. The highest BCUT2D eigenvalue weighted by molar-refractivity contribution is 5.71. The largest absolute Gasteiger partial charge is 0.477 e. The lowest BCUT2D eigenvalue weighted by Gasteiger charge is -2.25. The molecular formula is C64H122NO8+. The van der Waals surface area contributed by atoms with Crippen molar-refractivity contribution in [1.29, 1.82) is 0 Å². The number of carbonyl (C=O) groups is 3. The van der Waals surface area contributed by atoms with Crippen LogP contribution in [0.1, 0.15) is 309 Å². The monoisotopic (exact) mass is 1030 g/mol. The van der Waals surface area contributed by atoms with Crippen LogP contribution in [0.15, 0.2) is 24.3 Å². The van der Waals surface area contributed by atoms with Crippen LogP contribution in [0.4, 0.5) is 0 Å². The predicted octanol–water partition coefficient (Wildman–Crippen LogP) is 18.7. The van der Waals surface area contributed by atoms with Gasteiger partial charge in [0.25, 0.3) is 6.29 Å². The Hall–Kier alpha value is -2.23. The Balaban J connectivity index is 4.15. The van der Waals surface area contributed by atoms with Crippen LogP contribution in [0.2, 0.25) is 0 Å². The third-order valence-electron chi connectivity index (χ3n) is 14.2. The maximum absolute atomic E-state index is 12.9. The number of likely N-dealkylation sites (N-methyl/N-ethyl adjacent to an activating group) is 1. The van der Waals surface area contributed by atoms with Crippen molar-refractivity contribution in [3.8, 4) is 0 Å². The molecule has 0 aliphatic heterocycles. The smallest absolute Gasteiger partial charge is 0.361 e. The van der Waals surface area contributed by atoms with Crippen LogP contribution in [0.25, 0.3) is 0 Å². The van der Waals surface area contributed by atoms with E-state index < -0.39 is 18.4 Å². The SMILES string of the molecule is CCCCCCCCCC/C=C\CCCCCCCCCCCCCCCCCC(=O)OC(COC(=O)CCCCCCCCCCC/C=C\CCCCCCCCCC)COC(OCC[N+](C)(C)C)C(=O)O. The molecule has 0 heterocycles. The molecule has 0 saturated heterocycles. The minimum Gasteiger partial charge on any atom is -0.477 e. The van der Waals surface area contributed by atoms with Gasteiger partial charge in [0.05, 0.1) is 34.4 Å². The van der Waals surface area contributed by atoms with Gasteiger partial charge in [0.1, 0.15) is 13.2 Å². The molecule has 0 spiro atoms. The molecule has 0 fully saturated rings. The highest BCUT2D eigenvalue weighted by atomic mass is 16.7. The summed E-state index contributed by atoms with van der Waals surface area (Å²) >= 11 is 0. The number of quaternary nitrogens is 1. The number of aliphatic carboxylic acids is 1. The first-order valence-corrected chi connectivity index (χ1v) is 31.5. The van der Waals surface area contributed by atoms with Crippen LogP contribution in [-0.2, 0) is 33.3 Å². The van der Waals surface area contributed by atoms with Gasteiger partial charge in [-0.15, -0.1) is 0 Å². The first-order valence-electron chi connectivity index (χ1n) is 31.5. The van der Waals surface area contributed by atoms with E-state index in [0.717, 1.165) is 38.5 Å². The Bertz CT molecular complexity index is 1250. The molecule has 0 aromatic rings. The Morgan fingerprint density at radius 1 is 0.397 bits per heavy atom. The minimum absolute atomic E-state index is 0.178. The summed E-state index contributed by atoms with van der Waals surface area (Å²) in [4.78, 5) is 37.5. The van der Waals surface area contributed by atoms with Crippen molar-refractivity contribution < 1.29 is 42.9 Å². The van der Waals surface area contributed by atoms with Crippen molar-refractivity contribution in [2.45, 2.75) is 322 Å². The van der Waals surface area contributed by atoms with Gasteiger partial charge in [-0.1, -0.05) is 256 Å². The van der Waals surface area contributed by atoms with Crippen LogP contribution in [0.3, 0.4) is 0 Å². The molecule has 2 atom stereocenters. The van der Waals surface area contributed by atoms with E-state index in [9.17, 15) is 19.5 Å². The normalized spacial score (nSPS) is 12.8. The van der Waals surface area contributed by atoms with Gasteiger partial charge in [0, 0.05) is 12.8 Å². The van der Waals surface area contributed by atoms with Gasteiger partial charge in [-0.25, -0.2) is 4.79 Å². The number of allylic oxidation sites excluding steroid dienone is 4. The lowest BCUT2D eigenvalue weighted by Crippen LogP contribution is -2.40. The molecule has 1 N–H and O–H groups in total. The van der Waals surface area contributed by atoms with Crippen molar-refractivity contribution in [2.24, 2.45) is 0 Å². The number of hydrogen-bond acceptors (Lipinski definition) is 7. The summed E-state index contributed by atoms with van der Waals surface area (Å²) in [5.41, 5.74) is 0. The van der Waals surface area contributed by atoms with Gasteiger partial charge in [0.15, 0.2) is 6.10 Å². The molecule has 0 amide bonds. The number of nitrogens with zero attached hydrogens (tertiary/aromatic N) is 1. The average molecular weight is 1030 g/mol. The predicted molar refractivity (Wildman–Crippen MR) is 309 cm³/mol. The zero-order valence-corrected chi connectivity index (χ0v) is 49.1. The van der Waals surface area contributed by atoms with Gasteiger partial charge >= 0.3 is 17.9 Å². The molecule has 0 radical (unpaired) electrons. The third kappa shape index (κ3) is 57.3. The fraction of sp³-hybridized carbons (Fsp3) is 0.891. The molecular weight excluding hydrogens is 911 g/mol. The van der Waals surface area contributed by atoms with Crippen LogP contribution < -0.4 is 0 Å². The van der Waals surface area contributed by atoms with Crippen LogP contribution in [0.5, 0.6) is 0 Å². The molecule has 2 unspecified atom stereocenters. The van der Waals surface area contributed by atoms with Crippen molar-refractivity contribution in [1.82, 2.24) is 0 Å². The second kappa shape index (κ2) is 56.0. The Kier molecular flexibility index (Phi) is 54.3. The van der Waals surface area contributed by atoms with E-state index in [1.165, 1.54) is 244 Å². The third-order valence-corrected chi connectivity index (χ3v) is 14.2. The summed E-state index contributed by atoms with van der Waals surface area (Å²) in [6.45, 7) is 4.93. The molecule has 0 aliphatic carbocycles. The van der Waals surface area contributed by atoms with Gasteiger partial charge in [-0.3, -0.25) is 9.59 Å². The number of esters is 2. The van der Waals surface area contributed by atoms with E-state index in [1.807, 2.05) is 21.1 Å². The van der Waals surface area contributed by atoms with Crippen molar-refractivity contribution in [3.63, 3.8) is 0 Å². The lowest BCUT2D eigenvalue weighted by atomic mass is 10.0. The summed E-state index contributed by atoms with van der Waals surface area (Å²) in [6, 6.07) is 0. The number of hydrogen-bond donors (Lipinski definition) is 1. The molecule has 430 valence electrons. The molecule has 0 saturated carbocycles. The number of ether oxygens (including phenoxy) is 4. The maximum atomic E-state index is 12.9. The zero-order chi connectivity index (χ0) is 53.4. The second-order valence-corrected chi connectivity index (χ2v) is 22.7. The molecule has 0 aliphatic rings. The number of carbonyl (C=O) groups excluding carboxylic acids is 2. The van der Waals surface area contributed by atoms with E-state index in [2.05, 4.69) is 38.2 Å². The Labute approximate surface area is 452 Å². The molecule has 0 aromatic carbocycles. The highest BCUT2D eigenvalue weighted by Crippen LogP contribution is 2.17. The van der Waals surface area contributed by atoms with Gasteiger partial charge in [-0.2, -0.15) is 0 Å². The molecule has 9 nitrogen and oxygen atoms in total. The summed E-state index contributed by atoms with van der Waals surface area (Å²) in [6.07, 6.45) is 64.1. The second-order valence-electron chi connectivity index (χ2n) is 22.7. The first kappa shape index (κ1) is 70.8. The lowest BCUT2D eigenvalue weighted by molar-refractivity contribution is -0.870. The van der Waals surface area contributed by atoms with Crippen LogP contribution in [0, 0.1) is 0 Å². The highest BCUT2D eigenvalue weighted by Gasteiger charge is 2.25. The van der Waals surface area contributed by atoms with E-state index in [4.69, 9.17) is 18.9 Å². The summed E-state index contributed by atoms with van der Waals surface area (Å²) in [7, 11) is 5.98. The summed E-state index contributed by atoms with van der Waals surface area (Å²) in [5.74, 6) is -1.99. The van der Waals surface area contributed by atoms with Crippen molar-refractivity contribution in [2.75, 3.05) is 47.5 Å². The number of rotatable bonds is 59. The number of unbranched alkanes of at least 4 members (excludes halogenated alkanes) is 40. The fourth-order valence-corrected chi connectivity index (χ4v) is 9.30. The van der Waals surface area contributed by atoms with Gasteiger partial charge in [0.2, 0.25) is 0 Å². The zero-order valence-electron chi connectivity index (χ0n) is 49.1. The van der Waals surface area contributed by atoms with Gasteiger partial charge in [-0.05, 0) is 64.2 Å². The van der Waals surface area contributed by atoms with Crippen LogP contribution >= 0.6 is 0 Å². The standard InChI is InChI=1S/C64H121NO8/c1-6-8-10-12-14-16-18-20-22-24-26-28-29-30-31-32-33-35-37-39-41-43-45-47-49-51-53-55-62(67)73-60(59-72-64(63(68)69)70-57-56-65(3,4)5)58-71-61(66)54-52-50-48-46-44-42-40-38-36-34-27-25-23-21-19-17-15-13-11-9-7-2/h24-27,60,64H,6-23,28-59H2,1-5H3/p+1/b26-24-,27-25-. The molecule has 0 rings (SSSR count). The topological polar surface area (TPSA) is 108 Å². The average Bonchev–Trinajstić information content (AvgIpc) is 3.36. The van der Waals surface area contributed by atoms with E-state index in [0.29, 0.717) is 17.4 Å².